The number of halogens is 3. The monoisotopic (exact) mass is 246 g/mol. The van der Waals surface area contributed by atoms with Crippen LogP contribution in [0.2, 0.25) is 0 Å². The van der Waals surface area contributed by atoms with Gasteiger partial charge >= 0.3 is 5.97 Å². The second-order valence-corrected chi connectivity index (χ2v) is 1.82. The number of aromatic hydroxyl groups is 1. The Morgan fingerprint density at radius 3 is 1.85 bits per heavy atom. The van der Waals surface area contributed by atoms with Crippen molar-refractivity contribution in [3.05, 3.63) is 29.8 Å². The first kappa shape index (κ1) is 18.2. The molecule has 0 bridgehead atoms. The molecule has 0 saturated heterocycles. The van der Waals surface area contributed by atoms with E-state index in [0.29, 0.717) is 0 Å². The molecule has 0 radical (unpaired) electrons. The van der Waals surface area contributed by atoms with Crippen molar-refractivity contribution in [1.82, 2.24) is 0 Å². The summed E-state index contributed by atoms with van der Waals surface area (Å²) in [5.41, 5.74) is -0.0671. The summed E-state index contributed by atoms with van der Waals surface area (Å²) in [6.07, 6.45) is 0. The number of benzene rings is 1. The number of carbonyl (C=O) groups is 1. The smallest absolute Gasteiger partial charge is 0.339 e. The Morgan fingerprint density at radius 2 is 1.54 bits per heavy atom. The fourth-order valence-electron chi connectivity index (χ4n) is 0.654. The molecule has 1 aromatic rings. The van der Waals surface area contributed by atoms with Crippen LogP contribution in [-0.4, -0.2) is 16.2 Å². The molecule has 13 heavy (non-hydrogen) atoms. The van der Waals surface area contributed by atoms with Crippen molar-refractivity contribution < 1.29 is 15.0 Å². The molecule has 3 nitrogen and oxygen atoms in total. The summed E-state index contributed by atoms with van der Waals surface area (Å²) in [4.78, 5) is 10.3. The lowest BCUT2D eigenvalue weighted by Crippen LogP contribution is -1.95. The van der Waals surface area contributed by atoms with Gasteiger partial charge in [-0.15, -0.1) is 37.2 Å². The third-order valence-electron chi connectivity index (χ3n) is 1.13. The van der Waals surface area contributed by atoms with Crippen molar-refractivity contribution in [1.29, 1.82) is 0 Å². The molecule has 0 aromatic heterocycles. The largest absolute Gasteiger partial charge is 0.507 e. The van der Waals surface area contributed by atoms with Crippen molar-refractivity contribution in [2.75, 3.05) is 0 Å². The van der Waals surface area contributed by atoms with Gasteiger partial charge in [-0.25, -0.2) is 4.79 Å². The predicted octanol–water partition coefficient (Wildman–Crippen LogP) is 2.36. The Bertz CT molecular complexity index is 265. The highest BCUT2D eigenvalue weighted by molar-refractivity contribution is 5.90. The van der Waals surface area contributed by atoms with Crippen LogP contribution in [0.4, 0.5) is 0 Å². The quantitative estimate of drug-likeness (QED) is 0.801. The summed E-state index contributed by atoms with van der Waals surface area (Å²) in [6.45, 7) is 0. The summed E-state index contributed by atoms with van der Waals surface area (Å²) in [6, 6.07) is 5.81. The standard InChI is InChI=1S/C7H6O3.3ClH/c8-6-4-2-1-3-5(6)7(9)10;;;/h1-4,8H,(H,9,10);3*1H. The Balaban J connectivity index is -0.000000333. The number of aromatic carboxylic acids is 1. The molecular formula is C7H9Cl3O3. The number of rotatable bonds is 1. The zero-order valence-electron chi connectivity index (χ0n) is 6.34. The number of carboxylic acid groups (broad SMARTS) is 1. The van der Waals surface area contributed by atoms with E-state index in [4.69, 9.17) is 10.2 Å². The SMILES string of the molecule is Cl.Cl.Cl.O=C(O)c1ccccc1O. The Kier molecular flexibility index (Phi) is 11.2. The predicted molar refractivity (Wildman–Crippen MR) is 56.8 cm³/mol. The molecule has 0 aliphatic rings. The number of carboxylic acids is 1. The van der Waals surface area contributed by atoms with E-state index in [1.165, 1.54) is 12.1 Å². The minimum atomic E-state index is -1.11. The van der Waals surface area contributed by atoms with Gasteiger partial charge in [0.15, 0.2) is 0 Å². The Morgan fingerprint density at radius 1 is 1.08 bits per heavy atom. The average molecular weight is 248 g/mol. The van der Waals surface area contributed by atoms with Gasteiger partial charge in [0.1, 0.15) is 11.3 Å². The summed E-state index contributed by atoms with van der Waals surface area (Å²) in [5.74, 6) is -1.31. The molecule has 0 aliphatic carbocycles. The van der Waals surface area contributed by atoms with Crippen LogP contribution < -0.4 is 0 Å². The van der Waals surface area contributed by atoms with Crippen LogP contribution in [-0.2, 0) is 0 Å². The third-order valence-corrected chi connectivity index (χ3v) is 1.13. The molecular weight excluding hydrogens is 238 g/mol. The van der Waals surface area contributed by atoms with E-state index in [1.807, 2.05) is 0 Å². The van der Waals surface area contributed by atoms with E-state index in [0.717, 1.165) is 0 Å². The van der Waals surface area contributed by atoms with E-state index in [9.17, 15) is 4.79 Å². The zero-order chi connectivity index (χ0) is 7.56. The fraction of sp³-hybridized carbons (Fsp3) is 0. The minimum Gasteiger partial charge on any atom is -0.507 e. The average Bonchev–Trinajstić information content (AvgIpc) is 1.88. The van der Waals surface area contributed by atoms with E-state index < -0.39 is 5.97 Å². The second kappa shape index (κ2) is 7.98. The number of hydrogen-bond acceptors (Lipinski definition) is 2. The third kappa shape index (κ3) is 4.83. The van der Waals surface area contributed by atoms with E-state index in [1.54, 1.807) is 12.1 Å². The molecule has 0 saturated carbocycles. The molecule has 0 atom stereocenters. The molecule has 1 rings (SSSR count). The van der Waals surface area contributed by atoms with Crippen LogP contribution in [0.25, 0.3) is 0 Å². The molecule has 0 heterocycles. The van der Waals surface area contributed by atoms with Crippen LogP contribution >= 0.6 is 37.2 Å². The van der Waals surface area contributed by atoms with Gasteiger partial charge in [0.05, 0.1) is 0 Å². The van der Waals surface area contributed by atoms with Crippen LogP contribution in [0.5, 0.6) is 5.75 Å². The lowest BCUT2D eigenvalue weighted by molar-refractivity contribution is 0.0694. The van der Waals surface area contributed by atoms with Gasteiger partial charge in [0.25, 0.3) is 0 Å². The van der Waals surface area contributed by atoms with Gasteiger partial charge in [-0.1, -0.05) is 12.1 Å². The van der Waals surface area contributed by atoms with Crippen LogP contribution in [0.3, 0.4) is 0 Å². The Hall–Kier alpha value is -0.640. The first-order chi connectivity index (χ1) is 4.72. The molecule has 76 valence electrons. The van der Waals surface area contributed by atoms with Crippen LogP contribution in [0.15, 0.2) is 24.3 Å². The molecule has 0 fully saturated rings. The second-order valence-electron chi connectivity index (χ2n) is 1.82. The first-order valence-corrected chi connectivity index (χ1v) is 2.73. The van der Waals surface area contributed by atoms with Crippen molar-refractivity contribution in [2.45, 2.75) is 0 Å². The highest BCUT2D eigenvalue weighted by Crippen LogP contribution is 2.14. The summed E-state index contributed by atoms with van der Waals surface area (Å²) in [5, 5.41) is 17.3. The van der Waals surface area contributed by atoms with E-state index in [-0.39, 0.29) is 48.5 Å². The first-order valence-electron chi connectivity index (χ1n) is 2.73. The normalized spacial score (nSPS) is 7.08. The van der Waals surface area contributed by atoms with Crippen molar-refractivity contribution >= 4 is 43.2 Å². The molecule has 0 amide bonds. The number of phenols is 1. The van der Waals surface area contributed by atoms with Crippen LogP contribution in [0.1, 0.15) is 10.4 Å². The molecule has 2 N–H and O–H groups in total. The van der Waals surface area contributed by atoms with Gasteiger partial charge in [0.2, 0.25) is 0 Å². The molecule has 0 spiro atoms. The number of hydrogen-bond donors (Lipinski definition) is 2. The lowest BCUT2D eigenvalue weighted by Gasteiger charge is -1.95. The maximum atomic E-state index is 10.3. The van der Waals surface area contributed by atoms with Crippen molar-refractivity contribution in [2.24, 2.45) is 0 Å². The van der Waals surface area contributed by atoms with Crippen molar-refractivity contribution in [3.8, 4) is 5.75 Å². The van der Waals surface area contributed by atoms with Gasteiger partial charge in [0, 0.05) is 0 Å². The van der Waals surface area contributed by atoms with E-state index >= 15 is 0 Å². The molecule has 6 heteroatoms. The van der Waals surface area contributed by atoms with Gasteiger partial charge in [-0.2, -0.15) is 0 Å². The summed E-state index contributed by atoms with van der Waals surface area (Å²) >= 11 is 0. The number of para-hydroxylation sites is 1. The highest BCUT2D eigenvalue weighted by Gasteiger charge is 2.05. The van der Waals surface area contributed by atoms with E-state index in [2.05, 4.69) is 0 Å². The maximum Gasteiger partial charge on any atom is 0.339 e. The van der Waals surface area contributed by atoms with Gasteiger partial charge in [-0.3, -0.25) is 0 Å². The summed E-state index contributed by atoms with van der Waals surface area (Å²) in [7, 11) is 0. The lowest BCUT2D eigenvalue weighted by atomic mass is 10.2. The molecule has 0 unspecified atom stereocenters. The highest BCUT2D eigenvalue weighted by atomic mass is 35.5. The van der Waals surface area contributed by atoms with Gasteiger partial charge in [-0.05, 0) is 12.1 Å². The minimum absolute atomic E-state index is 0. The zero-order valence-corrected chi connectivity index (χ0v) is 8.79. The molecule has 1 aromatic carbocycles. The summed E-state index contributed by atoms with van der Waals surface area (Å²) < 4.78 is 0. The van der Waals surface area contributed by atoms with Crippen molar-refractivity contribution in [3.63, 3.8) is 0 Å². The Labute approximate surface area is 94.0 Å². The topological polar surface area (TPSA) is 57.5 Å². The maximum absolute atomic E-state index is 10.3. The van der Waals surface area contributed by atoms with Crippen LogP contribution in [0, 0.1) is 0 Å². The van der Waals surface area contributed by atoms with Gasteiger partial charge < -0.3 is 10.2 Å². The fourth-order valence-corrected chi connectivity index (χ4v) is 0.654. The molecule has 0 aliphatic heterocycles.